The van der Waals surface area contributed by atoms with E-state index in [1.165, 1.54) is 0 Å². The zero-order valence-corrected chi connectivity index (χ0v) is 6.03. The lowest BCUT2D eigenvalue weighted by Gasteiger charge is -1.95. The van der Waals surface area contributed by atoms with Gasteiger partial charge in [0.1, 0.15) is 5.40 Å². The number of hydrogen-bond donors (Lipinski definition) is 0. The summed E-state index contributed by atoms with van der Waals surface area (Å²) in [5.41, 5.74) is 0. The van der Waals surface area contributed by atoms with Crippen LogP contribution >= 0.6 is 11.8 Å². The molecule has 0 atom stereocenters. The van der Waals surface area contributed by atoms with Gasteiger partial charge in [-0.25, -0.2) is 8.78 Å². The Bertz CT molecular complexity index is 288. The van der Waals surface area contributed by atoms with Crippen molar-refractivity contribution >= 4 is 11.8 Å². The first kappa shape index (κ1) is 7.95. The second-order valence-electron chi connectivity index (χ2n) is 1.63. The first-order chi connectivity index (χ1) is 5.25. The van der Waals surface area contributed by atoms with Gasteiger partial charge in [-0.1, -0.05) is 0 Å². The summed E-state index contributed by atoms with van der Waals surface area (Å²) in [6, 6.07) is 0. The second-order valence-corrected chi connectivity index (χ2v) is 2.42. The molecule has 5 heteroatoms. The number of nitriles is 1. The zero-order valence-electron chi connectivity index (χ0n) is 5.21. The van der Waals surface area contributed by atoms with Gasteiger partial charge in [-0.3, -0.25) is 4.98 Å². The van der Waals surface area contributed by atoms with Crippen molar-refractivity contribution in [1.29, 1.82) is 5.26 Å². The summed E-state index contributed by atoms with van der Waals surface area (Å²) in [4.78, 5) is 2.95. The van der Waals surface area contributed by atoms with E-state index < -0.39 is 11.6 Å². The molecule has 1 aromatic heterocycles. The van der Waals surface area contributed by atoms with Crippen LogP contribution in [0.1, 0.15) is 0 Å². The molecule has 0 aliphatic carbocycles. The highest BCUT2D eigenvalue weighted by Crippen LogP contribution is 2.22. The number of nitrogens with zero attached hydrogens (tertiary/aromatic N) is 2. The van der Waals surface area contributed by atoms with Crippen LogP contribution in [0.3, 0.4) is 0 Å². The van der Waals surface area contributed by atoms with Crippen molar-refractivity contribution < 1.29 is 8.78 Å². The van der Waals surface area contributed by atoms with Gasteiger partial charge in [0, 0.05) is 0 Å². The lowest BCUT2D eigenvalue weighted by atomic mass is 10.5. The Kier molecular flexibility index (Phi) is 2.39. The molecule has 0 fully saturated rings. The molecule has 0 saturated heterocycles. The van der Waals surface area contributed by atoms with Gasteiger partial charge in [-0.05, 0) is 11.8 Å². The van der Waals surface area contributed by atoms with E-state index in [1.54, 1.807) is 5.40 Å². The molecule has 1 aromatic rings. The van der Waals surface area contributed by atoms with Crippen molar-refractivity contribution in [3.05, 3.63) is 24.0 Å². The first-order valence-electron chi connectivity index (χ1n) is 2.60. The lowest BCUT2D eigenvalue weighted by molar-refractivity contribution is 0.531. The third-order valence-electron chi connectivity index (χ3n) is 0.957. The highest BCUT2D eigenvalue weighted by atomic mass is 32.2. The van der Waals surface area contributed by atoms with Crippen LogP contribution in [-0.2, 0) is 0 Å². The number of halogens is 2. The molecule has 1 heterocycles. The fourth-order valence-corrected chi connectivity index (χ4v) is 0.934. The quantitative estimate of drug-likeness (QED) is 0.479. The minimum Gasteiger partial charge on any atom is -0.259 e. The third-order valence-corrected chi connectivity index (χ3v) is 1.64. The van der Waals surface area contributed by atoms with Gasteiger partial charge in [0.05, 0.1) is 17.3 Å². The molecular formula is C6H2F2N2S. The number of thioether (sulfide) groups is 1. The summed E-state index contributed by atoms with van der Waals surface area (Å²) in [6.45, 7) is 0. The molecular weight excluding hydrogens is 170 g/mol. The van der Waals surface area contributed by atoms with E-state index in [9.17, 15) is 8.78 Å². The highest BCUT2D eigenvalue weighted by Gasteiger charge is 2.08. The van der Waals surface area contributed by atoms with E-state index >= 15 is 0 Å². The van der Waals surface area contributed by atoms with E-state index in [0.717, 1.165) is 12.4 Å². The van der Waals surface area contributed by atoms with E-state index in [2.05, 4.69) is 4.98 Å². The monoisotopic (exact) mass is 172 g/mol. The molecule has 11 heavy (non-hydrogen) atoms. The Morgan fingerprint density at radius 1 is 1.36 bits per heavy atom. The van der Waals surface area contributed by atoms with Gasteiger partial charge in [0.15, 0.2) is 11.6 Å². The average molecular weight is 172 g/mol. The Hall–Kier alpha value is -1.15. The summed E-state index contributed by atoms with van der Waals surface area (Å²) >= 11 is 0.444. The van der Waals surface area contributed by atoms with Crippen LogP contribution in [0.2, 0.25) is 0 Å². The Morgan fingerprint density at radius 3 is 2.36 bits per heavy atom. The molecule has 0 aliphatic rings. The molecule has 0 saturated carbocycles. The van der Waals surface area contributed by atoms with Crippen molar-refractivity contribution in [3.63, 3.8) is 0 Å². The van der Waals surface area contributed by atoms with Crippen LogP contribution in [0, 0.1) is 22.3 Å². The summed E-state index contributed by atoms with van der Waals surface area (Å²) < 4.78 is 25.1. The standard InChI is InChI=1S/C6H2F2N2S/c7-4-1-10-2-5(8)6(4)11-3-9/h1-2H. The maximum absolute atomic E-state index is 12.6. The fraction of sp³-hybridized carbons (Fsp3) is 0. The third kappa shape index (κ3) is 1.65. The van der Waals surface area contributed by atoms with Gasteiger partial charge >= 0.3 is 0 Å². The molecule has 0 unspecified atom stereocenters. The van der Waals surface area contributed by atoms with Crippen LogP contribution in [0.15, 0.2) is 17.3 Å². The van der Waals surface area contributed by atoms with Crippen molar-refractivity contribution in [3.8, 4) is 5.40 Å². The summed E-state index contributed by atoms with van der Waals surface area (Å²) in [7, 11) is 0. The van der Waals surface area contributed by atoms with Crippen LogP contribution in [0.25, 0.3) is 0 Å². The molecule has 0 bridgehead atoms. The van der Waals surface area contributed by atoms with Crippen molar-refractivity contribution in [2.75, 3.05) is 0 Å². The predicted molar refractivity (Wildman–Crippen MR) is 35.6 cm³/mol. The van der Waals surface area contributed by atoms with E-state index in [1.807, 2.05) is 0 Å². The van der Waals surface area contributed by atoms with Crippen LogP contribution in [0.5, 0.6) is 0 Å². The normalized spacial score (nSPS) is 9.18. The molecule has 0 radical (unpaired) electrons. The molecule has 1 rings (SSSR count). The van der Waals surface area contributed by atoms with Gasteiger partial charge in [-0.15, -0.1) is 0 Å². The van der Waals surface area contributed by atoms with Crippen LogP contribution in [-0.4, -0.2) is 4.98 Å². The maximum Gasteiger partial charge on any atom is 0.159 e. The molecule has 0 aromatic carbocycles. The predicted octanol–water partition coefficient (Wildman–Crippen LogP) is 1.93. The number of aromatic nitrogens is 1. The molecule has 2 nitrogen and oxygen atoms in total. The Labute approximate surface area is 65.9 Å². The van der Waals surface area contributed by atoms with Gasteiger partial charge < -0.3 is 0 Å². The van der Waals surface area contributed by atoms with Crippen LogP contribution in [0.4, 0.5) is 8.78 Å². The topological polar surface area (TPSA) is 36.7 Å². The van der Waals surface area contributed by atoms with E-state index in [0.29, 0.717) is 11.8 Å². The average Bonchev–Trinajstić information content (AvgIpc) is 1.97. The fourth-order valence-electron chi connectivity index (χ4n) is 0.543. The minimum absolute atomic E-state index is 0.303. The second kappa shape index (κ2) is 3.30. The molecule has 0 amide bonds. The Balaban J connectivity index is 3.12. The number of hydrogen-bond acceptors (Lipinski definition) is 3. The number of thiocyanates is 1. The van der Waals surface area contributed by atoms with Gasteiger partial charge in [0.25, 0.3) is 0 Å². The molecule has 0 N–H and O–H groups in total. The van der Waals surface area contributed by atoms with Crippen molar-refractivity contribution in [2.45, 2.75) is 4.90 Å². The molecule has 56 valence electrons. The SMILES string of the molecule is N#CSc1c(F)cncc1F. The smallest absolute Gasteiger partial charge is 0.159 e. The van der Waals surface area contributed by atoms with Crippen molar-refractivity contribution in [2.24, 2.45) is 0 Å². The number of rotatable bonds is 1. The summed E-state index contributed by atoms with van der Waals surface area (Å²) in [6.07, 6.45) is 1.73. The minimum atomic E-state index is -0.809. The largest absolute Gasteiger partial charge is 0.259 e. The van der Waals surface area contributed by atoms with E-state index in [-0.39, 0.29) is 4.90 Å². The summed E-state index contributed by atoms with van der Waals surface area (Å²) in [5, 5.41) is 9.70. The zero-order chi connectivity index (χ0) is 8.27. The first-order valence-corrected chi connectivity index (χ1v) is 3.42. The Morgan fingerprint density at radius 2 is 1.91 bits per heavy atom. The molecule has 0 aliphatic heterocycles. The highest BCUT2D eigenvalue weighted by molar-refractivity contribution is 8.03. The van der Waals surface area contributed by atoms with Gasteiger partial charge in [-0.2, -0.15) is 5.26 Å². The number of pyridine rings is 1. The van der Waals surface area contributed by atoms with Crippen molar-refractivity contribution in [1.82, 2.24) is 4.98 Å². The van der Waals surface area contributed by atoms with Crippen LogP contribution < -0.4 is 0 Å². The lowest BCUT2D eigenvalue weighted by Crippen LogP contribution is -1.87. The maximum atomic E-state index is 12.6. The molecule has 0 spiro atoms. The summed E-state index contributed by atoms with van der Waals surface area (Å²) in [5.74, 6) is -1.62. The van der Waals surface area contributed by atoms with Gasteiger partial charge in [0.2, 0.25) is 0 Å². The van der Waals surface area contributed by atoms with E-state index in [4.69, 9.17) is 5.26 Å².